The summed E-state index contributed by atoms with van der Waals surface area (Å²) in [6.45, 7) is 5.19. The third kappa shape index (κ3) is 3.51. The fourth-order valence-electron chi connectivity index (χ4n) is 3.99. The molecule has 0 saturated heterocycles. The molecule has 4 rings (SSSR count). The van der Waals surface area contributed by atoms with Gasteiger partial charge in [0.2, 0.25) is 0 Å². The number of allylic oxidation sites excluding steroid dienone is 2. The van der Waals surface area contributed by atoms with Gasteiger partial charge < -0.3 is 0 Å². The van der Waals surface area contributed by atoms with E-state index in [4.69, 9.17) is 0 Å². The van der Waals surface area contributed by atoms with Gasteiger partial charge in [0, 0.05) is 0 Å². The van der Waals surface area contributed by atoms with Gasteiger partial charge >= 0.3 is 142 Å². The van der Waals surface area contributed by atoms with Gasteiger partial charge in [0.05, 0.1) is 0 Å². The van der Waals surface area contributed by atoms with E-state index in [0.29, 0.717) is 0 Å². The van der Waals surface area contributed by atoms with Crippen LogP contribution in [0.3, 0.4) is 0 Å². The van der Waals surface area contributed by atoms with Gasteiger partial charge in [-0.2, -0.15) is 0 Å². The summed E-state index contributed by atoms with van der Waals surface area (Å²) in [6, 6.07) is 18.1. The smallest absolute Gasteiger partial charge is 0.147 e. The second-order valence-electron chi connectivity index (χ2n) is 6.59. The Hall–Kier alpha value is -0.210. The number of fused-ring (bicyclic) bond motifs is 2. The third-order valence-electron chi connectivity index (χ3n) is 4.98. The molecule has 2 aliphatic rings. The van der Waals surface area contributed by atoms with E-state index in [1.165, 1.54) is 11.1 Å². The Morgan fingerprint density at radius 3 is 1.58 bits per heavy atom. The van der Waals surface area contributed by atoms with Crippen molar-refractivity contribution in [1.82, 2.24) is 0 Å². The molecule has 0 spiro atoms. The van der Waals surface area contributed by atoms with Crippen molar-refractivity contribution in [1.29, 1.82) is 0 Å². The summed E-state index contributed by atoms with van der Waals surface area (Å²) in [6.07, 6.45) is 9.84. The molecule has 2 unspecified atom stereocenters. The summed E-state index contributed by atoms with van der Waals surface area (Å²) in [7, 11) is 0. The number of hydrogen-bond acceptors (Lipinski definition) is 0. The molecule has 2 aromatic rings. The minimum Gasteiger partial charge on any atom is -0.147 e. The SMILES string of the molecule is Br.C[SiH](C)[Zr]([CH]1C=Cc2ccccc21)[CH]1C=Cc2ccccc21.Cl. The monoisotopic (exact) mass is 495 g/mol. The third-order valence-corrected chi connectivity index (χ3v) is 26.4. The molecular weight excluding hydrogens is 475 g/mol. The zero-order chi connectivity index (χ0) is 15.1. The van der Waals surface area contributed by atoms with E-state index >= 15 is 0 Å². The first-order valence-corrected chi connectivity index (χ1v) is 18.1. The maximum Gasteiger partial charge on any atom is -0.147 e. The molecule has 2 aromatic carbocycles. The number of hydrogen-bond donors (Lipinski definition) is 0. The van der Waals surface area contributed by atoms with Crippen LogP contribution < -0.4 is 0 Å². The first-order chi connectivity index (χ1) is 10.8. The topological polar surface area (TPSA) is 0 Å². The van der Waals surface area contributed by atoms with Gasteiger partial charge in [-0.25, -0.2) is 0 Å². The minimum absolute atomic E-state index is 0. The molecule has 0 aromatic heterocycles. The standard InChI is InChI=1S/2C9H7.C2H7Si.BrH.ClH.Zr/c2*1-2-5-9-7-3-6-8(9)4-1;1-3-2;;;/h2*1-7H;3H,1-2H3;2*1H;. The van der Waals surface area contributed by atoms with Crippen LogP contribution >= 0.6 is 29.4 Å². The van der Waals surface area contributed by atoms with Crippen LogP contribution in [0, 0.1) is 0 Å². The van der Waals surface area contributed by atoms with Crippen molar-refractivity contribution in [3.63, 3.8) is 0 Å². The van der Waals surface area contributed by atoms with Gasteiger partial charge in [0.25, 0.3) is 0 Å². The molecule has 0 N–H and O–H groups in total. The Kier molecular flexibility index (Phi) is 7.08. The zero-order valence-corrected chi connectivity index (χ0v) is 20.1. The summed E-state index contributed by atoms with van der Waals surface area (Å²) in [5.41, 5.74) is 6.18. The second kappa shape index (κ2) is 8.45. The molecule has 0 saturated carbocycles. The molecule has 125 valence electrons. The molecule has 0 aliphatic heterocycles. The summed E-state index contributed by atoms with van der Waals surface area (Å²) >= 11 is -1.62. The average Bonchev–Trinajstić information content (AvgIpc) is 3.13. The van der Waals surface area contributed by atoms with Crippen LogP contribution in [0.1, 0.15) is 29.5 Å². The van der Waals surface area contributed by atoms with E-state index in [1.54, 1.807) is 11.1 Å². The molecule has 0 heterocycles. The van der Waals surface area contributed by atoms with Gasteiger partial charge in [-0.05, 0) is 0 Å². The van der Waals surface area contributed by atoms with Crippen molar-refractivity contribution in [3.05, 3.63) is 82.9 Å². The molecule has 0 bridgehead atoms. The molecule has 0 fully saturated rings. The maximum atomic E-state index is 2.60. The first-order valence-electron chi connectivity index (χ1n) is 8.16. The van der Waals surface area contributed by atoms with E-state index in [-0.39, 0.29) is 29.4 Å². The Labute approximate surface area is 170 Å². The van der Waals surface area contributed by atoms with Crippen LogP contribution in [0.5, 0.6) is 0 Å². The van der Waals surface area contributed by atoms with Crippen LogP contribution in [-0.4, -0.2) is 5.92 Å². The minimum atomic E-state index is -1.62. The van der Waals surface area contributed by atoms with Crippen LogP contribution in [0.25, 0.3) is 12.2 Å². The normalized spacial score (nSPS) is 19.5. The number of halogens is 2. The number of rotatable bonds is 3. The van der Waals surface area contributed by atoms with Gasteiger partial charge in [-0.15, -0.1) is 29.4 Å². The van der Waals surface area contributed by atoms with Crippen LogP contribution in [0.2, 0.25) is 13.1 Å². The summed E-state index contributed by atoms with van der Waals surface area (Å²) in [4.78, 5) is 0. The molecule has 2 atom stereocenters. The molecule has 24 heavy (non-hydrogen) atoms. The van der Waals surface area contributed by atoms with Gasteiger partial charge in [-0.1, -0.05) is 0 Å². The van der Waals surface area contributed by atoms with Crippen molar-refractivity contribution >= 4 is 47.5 Å². The first kappa shape index (κ1) is 20.1. The van der Waals surface area contributed by atoms with Gasteiger partial charge in [-0.3, -0.25) is 0 Å². The summed E-state index contributed by atoms with van der Waals surface area (Å²) in [5.74, 6) is -0.615. The van der Waals surface area contributed by atoms with Crippen molar-refractivity contribution in [2.45, 2.75) is 20.3 Å². The number of benzene rings is 2. The van der Waals surface area contributed by atoms with Crippen molar-refractivity contribution in [2.75, 3.05) is 0 Å². The zero-order valence-electron chi connectivity index (χ0n) is 14.0. The fourth-order valence-corrected chi connectivity index (χ4v) is 25.0. The largest absolute Gasteiger partial charge is 0.147 e. The molecule has 4 heteroatoms. The van der Waals surface area contributed by atoms with E-state index in [0.717, 1.165) is 7.25 Å². The quantitative estimate of drug-likeness (QED) is 0.448. The second-order valence-corrected chi connectivity index (χ2v) is 26.9. The molecule has 2 aliphatic carbocycles. The molecular formula is C20H23BrClSiZr. The predicted molar refractivity (Wildman–Crippen MR) is 113 cm³/mol. The Balaban J connectivity index is 0.00000104. The van der Waals surface area contributed by atoms with Gasteiger partial charge in [0.15, 0.2) is 0 Å². The Morgan fingerprint density at radius 2 is 1.17 bits per heavy atom. The predicted octanol–water partition coefficient (Wildman–Crippen LogP) is 6.12. The van der Waals surface area contributed by atoms with E-state index < -0.39 is 26.8 Å². The van der Waals surface area contributed by atoms with Crippen LogP contribution in [-0.2, 0) is 20.9 Å². The van der Waals surface area contributed by atoms with Crippen molar-refractivity contribution in [3.8, 4) is 0 Å². The molecule has 0 nitrogen and oxygen atoms in total. The van der Waals surface area contributed by atoms with Crippen LogP contribution in [0.4, 0.5) is 0 Å². The van der Waals surface area contributed by atoms with E-state index in [2.05, 4.69) is 85.9 Å². The molecule has 0 amide bonds. The average molecular weight is 498 g/mol. The fraction of sp³-hybridized carbons (Fsp3) is 0.200. The maximum absolute atomic E-state index is 2.60. The summed E-state index contributed by atoms with van der Waals surface area (Å²) in [5, 5.41) is 0. The van der Waals surface area contributed by atoms with Crippen molar-refractivity contribution in [2.24, 2.45) is 0 Å². The van der Waals surface area contributed by atoms with E-state index in [1.807, 2.05) is 0 Å². The van der Waals surface area contributed by atoms with Crippen molar-refractivity contribution < 1.29 is 20.9 Å². The van der Waals surface area contributed by atoms with Crippen LogP contribution in [0.15, 0.2) is 60.7 Å². The Morgan fingerprint density at radius 1 is 0.750 bits per heavy atom. The van der Waals surface area contributed by atoms with E-state index in [9.17, 15) is 0 Å². The summed E-state index contributed by atoms with van der Waals surface area (Å²) < 4.78 is 1.57. The van der Waals surface area contributed by atoms with Gasteiger partial charge in [0.1, 0.15) is 0 Å². The molecule has 0 radical (unpaired) electrons. The Bertz CT molecular complexity index is 710.